The maximum Gasteiger partial charge on any atom is 0.273 e. The van der Waals surface area contributed by atoms with E-state index < -0.39 is 6.10 Å². The van der Waals surface area contributed by atoms with E-state index in [4.69, 9.17) is 4.74 Å². The summed E-state index contributed by atoms with van der Waals surface area (Å²) in [5.41, 5.74) is 0.835. The Bertz CT molecular complexity index is 677. The van der Waals surface area contributed by atoms with Crippen molar-refractivity contribution in [2.24, 2.45) is 0 Å². The van der Waals surface area contributed by atoms with E-state index in [-0.39, 0.29) is 16.7 Å². The van der Waals surface area contributed by atoms with E-state index in [1.54, 1.807) is 12.1 Å². The molecule has 7 heteroatoms. The second-order valence-corrected chi connectivity index (χ2v) is 6.83. The lowest BCUT2D eigenvalue weighted by Crippen LogP contribution is -2.45. The van der Waals surface area contributed by atoms with Crippen LogP contribution in [0.5, 0.6) is 0 Å². The summed E-state index contributed by atoms with van der Waals surface area (Å²) in [5.74, 6) is 0. The molecule has 0 saturated carbocycles. The third kappa shape index (κ3) is 3.99. The number of morpholine rings is 1. The van der Waals surface area contributed by atoms with Crippen molar-refractivity contribution in [3.8, 4) is 0 Å². The van der Waals surface area contributed by atoms with Crippen LogP contribution in [0.1, 0.15) is 23.0 Å². The average molecular weight is 348 g/mol. The van der Waals surface area contributed by atoms with Crippen LogP contribution in [0.25, 0.3) is 0 Å². The average Bonchev–Trinajstić information content (AvgIpc) is 3.11. The Morgan fingerprint density at radius 2 is 2.21 bits per heavy atom. The van der Waals surface area contributed by atoms with E-state index in [2.05, 4.69) is 4.90 Å². The number of aliphatic hydroxyl groups excluding tert-OH is 1. The number of nitro groups is 1. The first-order valence-corrected chi connectivity index (χ1v) is 8.78. The van der Waals surface area contributed by atoms with Gasteiger partial charge in [-0.2, -0.15) is 0 Å². The van der Waals surface area contributed by atoms with Crippen molar-refractivity contribution in [1.29, 1.82) is 0 Å². The molecule has 2 heterocycles. The molecule has 0 amide bonds. The predicted octanol–water partition coefficient (Wildman–Crippen LogP) is 2.98. The Morgan fingerprint density at radius 1 is 1.38 bits per heavy atom. The maximum atomic E-state index is 11.2. The summed E-state index contributed by atoms with van der Waals surface area (Å²) in [6.45, 7) is 2.32. The topological polar surface area (TPSA) is 75.8 Å². The van der Waals surface area contributed by atoms with Crippen LogP contribution in [0.4, 0.5) is 5.69 Å². The first kappa shape index (κ1) is 17.0. The van der Waals surface area contributed by atoms with E-state index in [0.717, 1.165) is 4.88 Å². The van der Waals surface area contributed by atoms with Crippen molar-refractivity contribution >= 4 is 17.0 Å². The molecule has 0 unspecified atom stereocenters. The lowest BCUT2D eigenvalue weighted by Gasteiger charge is -2.36. The first-order valence-electron chi connectivity index (χ1n) is 7.90. The molecule has 6 nitrogen and oxygen atoms in total. The van der Waals surface area contributed by atoms with Crippen LogP contribution in [0, 0.1) is 10.1 Å². The smallest absolute Gasteiger partial charge is 0.273 e. The molecule has 0 aliphatic carbocycles. The number of nitrogens with zero attached hydrogens (tertiary/aromatic N) is 2. The van der Waals surface area contributed by atoms with E-state index in [1.165, 1.54) is 17.4 Å². The molecule has 24 heavy (non-hydrogen) atoms. The number of rotatable bonds is 6. The summed E-state index contributed by atoms with van der Waals surface area (Å²) in [4.78, 5) is 14.0. The minimum Gasteiger partial charge on any atom is -0.388 e. The number of nitro benzene ring substituents is 1. The largest absolute Gasteiger partial charge is 0.388 e. The number of benzene rings is 1. The van der Waals surface area contributed by atoms with E-state index in [0.29, 0.717) is 38.3 Å². The van der Waals surface area contributed by atoms with Gasteiger partial charge in [0, 0.05) is 35.6 Å². The Morgan fingerprint density at radius 3 is 2.96 bits per heavy atom. The number of hydrogen-bond donors (Lipinski definition) is 1. The highest BCUT2D eigenvalue weighted by Crippen LogP contribution is 2.28. The van der Waals surface area contributed by atoms with Crippen LogP contribution in [-0.4, -0.2) is 40.7 Å². The lowest BCUT2D eigenvalue weighted by molar-refractivity contribution is -0.385. The van der Waals surface area contributed by atoms with Crippen LogP contribution in [0.15, 0.2) is 41.8 Å². The van der Waals surface area contributed by atoms with Crippen LogP contribution < -0.4 is 0 Å². The van der Waals surface area contributed by atoms with Gasteiger partial charge in [0.1, 0.15) is 0 Å². The fraction of sp³-hybridized carbons (Fsp3) is 0.412. The molecule has 1 aromatic heterocycles. The highest BCUT2D eigenvalue weighted by Gasteiger charge is 2.28. The van der Waals surface area contributed by atoms with Crippen molar-refractivity contribution in [2.45, 2.75) is 25.1 Å². The summed E-state index contributed by atoms with van der Waals surface area (Å²) in [5, 5.41) is 23.6. The van der Waals surface area contributed by atoms with E-state index in [1.807, 2.05) is 23.6 Å². The zero-order valence-corrected chi connectivity index (χ0v) is 14.0. The third-order valence-electron chi connectivity index (χ3n) is 4.28. The fourth-order valence-corrected chi connectivity index (χ4v) is 3.74. The summed E-state index contributed by atoms with van der Waals surface area (Å²) < 4.78 is 5.56. The number of ether oxygens (including phenoxy) is 1. The minimum absolute atomic E-state index is 0.0376. The maximum absolute atomic E-state index is 11.2. The van der Waals surface area contributed by atoms with Gasteiger partial charge in [-0.05, 0) is 17.9 Å². The van der Waals surface area contributed by atoms with Gasteiger partial charge in [0.05, 0.1) is 24.2 Å². The first-order chi connectivity index (χ1) is 11.6. The quantitative estimate of drug-likeness (QED) is 0.641. The molecule has 2 aromatic rings. The molecular weight excluding hydrogens is 328 g/mol. The molecular formula is C17H20N2O4S. The van der Waals surface area contributed by atoms with E-state index >= 15 is 0 Å². The van der Waals surface area contributed by atoms with Crippen molar-refractivity contribution in [2.75, 3.05) is 19.8 Å². The van der Waals surface area contributed by atoms with Crippen LogP contribution in [-0.2, 0) is 11.3 Å². The molecule has 1 fully saturated rings. The summed E-state index contributed by atoms with van der Waals surface area (Å²) in [7, 11) is 0. The minimum atomic E-state index is -0.537. The molecule has 0 radical (unpaired) electrons. The number of thiophene rings is 1. The molecule has 3 rings (SSSR count). The highest BCUT2D eigenvalue weighted by atomic mass is 32.1. The zero-order valence-electron chi connectivity index (χ0n) is 13.2. The molecule has 2 atom stereocenters. The summed E-state index contributed by atoms with van der Waals surface area (Å²) >= 11 is 1.53. The molecule has 1 aromatic carbocycles. The van der Waals surface area contributed by atoms with Gasteiger partial charge in [0.2, 0.25) is 0 Å². The second kappa shape index (κ2) is 7.85. The molecule has 1 aliphatic heterocycles. The van der Waals surface area contributed by atoms with Crippen molar-refractivity contribution in [3.63, 3.8) is 0 Å². The van der Waals surface area contributed by atoms with Gasteiger partial charge in [-0.3, -0.25) is 15.0 Å². The molecule has 1 N–H and O–H groups in total. The van der Waals surface area contributed by atoms with Crippen molar-refractivity contribution < 1.29 is 14.8 Å². The van der Waals surface area contributed by atoms with Crippen molar-refractivity contribution in [3.05, 3.63) is 62.3 Å². The number of para-hydroxylation sites is 1. The standard InChI is InChI=1S/C17H20N2O4S/c20-16(17-6-3-9-24-17)10-14-12-23-8-7-18(14)11-13-4-1-2-5-15(13)19(21)22/h1-6,9,14,16,20H,7-8,10-12H2/t14-,16+/m0/s1. The second-order valence-electron chi connectivity index (χ2n) is 5.85. The van der Waals surface area contributed by atoms with Gasteiger partial charge in [0.15, 0.2) is 0 Å². The zero-order chi connectivity index (χ0) is 16.9. The Kier molecular flexibility index (Phi) is 5.57. The van der Waals surface area contributed by atoms with Gasteiger partial charge < -0.3 is 9.84 Å². The van der Waals surface area contributed by atoms with Gasteiger partial charge in [-0.1, -0.05) is 24.3 Å². The predicted molar refractivity (Wildman–Crippen MR) is 92.0 cm³/mol. The molecule has 1 saturated heterocycles. The Hall–Kier alpha value is -1.80. The Labute approximate surface area is 144 Å². The molecule has 0 bridgehead atoms. The number of aliphatic hydroxyl groups is 1. The van der Waals surface area contributed by atoms with Crippen LogP contribution in [0.3, 0.4) is 0 Å². The Balaban J connectivity index is 1.72. The normalized spacial score (nSPS) is 20.0. The summed E-state index contributed by atoms with van der Waals surface area (Å²) in [6.07, 6.45) is 0.0196. The van der Waals surface area contributed by atoms with Crippen molar-refractivity contribution in [1.82, 2.24) is 4.90 Å². The molecule has 128 valence electrons. The van der Waals surface area contributed by atoms with Gasteiger partial charge >= 0.3 is 0 Å². The van der Waals surface area contributed by atoms with Gasteiger partial charge in [0.25, 0.3) is 5.69 Å². The fourth-order valence-electron chi connectivity index (χ4n) is 3.01. The molecule has 0 spiro atoms. The molecule has 1 aliphatic rings. The van der Waals surface area contributed by atoms with Gasteiger partial charge in [-0.15, -0.1) is 11.3 Å². The lowest BCUT2D eigenvalue weighted by atomic mass is 10.0. The number of hydrogen-bond acceptors (Lipinski definition) is 6. The van der Waals surface area contributed by atoms with Crippen LogP contribution >= 0.6 is 11.3 Å². The summed E-state index contributed by atoms with van der Waals surface area (Å²) in [6, 6.07) is 10.7. The monoisotopic (exact) mass is 348 g/mol. The highest BCUT2D eigenvalue weighted by molar-refractivity contribution is 7.10. The van der Waals surface area contributed by atoms with Crippen LogP contribution in [0.2, 0.25) is 0 Å². The SMILES string of the molecule is O=[N+]([O-])c1ccccc1CN1CCOC[C@@H]1C[C@@H](O)c1cccs1. The third-order valence-corrected chi connectivity index (χ3v) is 5.25. The van der Waals surface area contributed by atoms with E-state index in [9.17, 15) is 15.2 Å². The van der Waals surface area contributed by atoms with Gasteiger partial charge in [-0.25, -0.2) is 0 Å².